The van der Waals surface area contributed by atoms with Gasteiger partial charge in [-0.2, -0.15) is 8.78 Å². The van der Waals surface area contributed by atoms with Gasteiger partial charge in [0.2, 0.25) is 15.5 Å². The van der Waals surface area contributed by atoms with Gasteiger partial charge in [0.1, 0.15) is 7.05 Å². The Kier molecular flexibility index (Phi) is 4.65. The molecule has 3 nitrogen and oxygen atoms in total. The first kappa shape index (κ1) is 17.5. The summed E-state index contributed by atoms with van der Waals surface area (Å²) >= 11 is 0. The zero-order valence-electron chi connectivity index (χ0n) is 11.6. The molecule has 1 aliphatic rings. The minimum absolute atomic E-state index is 0. The van der Waals surface area contributed by atoms with E-state index >= 15 is 0 Å². The second-order valence-electron chi connectivity index (χ2n) is 5.25. The van der Waals surface area contributed by atoms with Crippen LogP contribution < -0.4 is 24.0 Å². The lowest BCUT2D eigenvalue weighted by Gasteiger charge is -2.15. The van der Waals surface area contributed by atoms with Crippen LogP contribution in [-0.2, 0) is 15.3 Å². The fourth-order valence-corrected chi connectivity index (χ4v) is 3.13. The normalized spacial score (nSPS) is 17.1. The highest BCUT2D eigenvalue weighted by atomic mass is 127. The molecule has 0 amide bonds. The van der Waals surface area contributed by atoms with Crippen LogP contribution in [0.2, 0.25) is 0 Å². The van der Waals surface area contributed by atoms with E-state index in [-0.39, 0.29) is 34.3 Å². The van der Waals surface area contributed by atoms with Gasteiger partial charge in [-0.3, -0.25) is 0 Å². The highest BCUT2D eigenvalue weighted by molar-refractivity contribution is 7.91. The lowest BCUT2D eigenvalue weighted by molar-refractivity contribution is -0.403. The van der Waals surface area contributed by atoms with Crippen molar-refractivity contribution in [1.82, 2.24) is 0 Å². The van der Waals surface area contributed by atoms with Crippen molar-refractivity contribution in [1.29, 1.82) is 0 Å². The summed E-state index contributed by atoms with van der Waals surface area (Å²) in [4.78, 5) is -0.322. The molecule has 0 saturated heterocycles. The van der Waals surface area contributed by atoms with Crippen LogP contribution >= 0.6 is 0 Å². The minimum atomic E-state index is -4.54. The van der Waals surface area contributed by atoms with Gasteiger partial charge in [-0.15, -0.1) is 0 Å². The number of halogens is 3. The number of fused-ring (bicyclic) bond motifs is 1. The summed E-state index contributed by atoms with van der Waals surface area (Å²) in [5.74, 6) is -3.39. The summed E-state index contributed by atoms with van der Waals surface area (Å²) in [5.41, 5.74) is 2.30. The van der Waals surface area contributed by atoms with E-state index in [1.165, 1.54) is 12.1 Å². The standard InChI is InChI=1S/C13H16F2NO2S.HI/c1-8-13(2,3)10-7-9(19(17,18)12(14)15)5-6-11(10)16(8)4;/h5-7,12H,1-4H3;1H/q+1;/p-1. The van der Waals surface area contributed by atoms with Crippen LogP contribution in [0, 0.1) is 0 Å². The predicted octanol–water partition coefficient (Wildman–Crippen LogP) is -0.287. The summed E-state index contributed by atoms with van der Waals surface area (Å²) in [7, 11) is -2.67. The summed E-state index contributed by atoms with van der Waals surface area (Å²) in [6, 6.07) is 4.19. The molecular weight excluding hydrogens is 399 g/mol. The first-order valence-corrected chi connectivity index (χ1v) is 7.39. The van der Waals surface area contributed by atoms with Gasteiger partial charge >= 0.3 is 5.76 Å². The van der Waals surface area contributed by atoms with Gasteiger partial charge in [0, 0.05) is 18.6 Å². The molecule has 0 N–H and O–H groups in total. The molecule has 2 rings (SSSR count). The summed E-state index contributed by atoms with van der Waals surface area (Å²) in [6.07, 6.45) is 0. The van der Waals surface area contributed by atoms with E-state index in [0.717, 1.165) is 17.0 Å². The predicted molar refractivity (Wildman–Crippen MR) is 69.2 cm³/mol. The number of benzene rings is 1. The van der Waals surface area contributed by atoms with E-state index in [1.54, 1.807) is 6.07 Å². The number of hydrogen-bond acceptors (Lipinski definition) is 2. The van der Waals surface area contributed by atoms with Crippen LogP contribution in [0.4, 0.5) is 14.5 Å². The summed E-state index contributed by atoms with van der Waals surface area (Å²) in [6.45, 7) is 5.84. The van der Waals surface area contributed by atoms with Crippen LogP contribution in [0.15, 0.2) is 23.1 Å². The van der Waals surface area contributed by atoms with Crippen molar-refractivity contribution in [3.63, 3.8) is 0 Å². The average molecular weight is 415 g/mol. The van der Waals surface area contributed by atoms with Crippen molar-refractivity contribution < 1.29 is 45.8 Å². The Morgan fingerprint density at radius 2 is 1.80 bits per heavy atom. The maximum Gasteiger partial charge on any atom is 0.341 e. The van der Waals surface area contributed by atoms with E-state index < -0.39 is 15.6 Å². The third kappa shape index (κ3) is 2.38. The molecular formula is C13H16F2INO2S. The summed E-state index contributed by atoms with van der Waals surface area (Å²) < 4.78 is 50.2. The van der Waals surface area contributed by atoms with Crippen molar-refractivity contribution in [2.45, 2.75) is 36.8 Å². The molecule has 1 heterocycles. The molecule has 0 aliphatic carbocycles. The molecule has 0 saturated carbocycles. The maximum absolute atomic E-state index is 12.6. The zero-order valence-corrected chi connectivity index (χ0v) is 14.6. The molecule has 20 heavy (non-hydrogen) atoms. The van der Waals surface area contributed by atoms with Crippen molar-refractivity contribution in [3.05, 3.63) is 23.8 Å². The van der Waals surface area contributed by atoms with Gasteiger partial charge in [-0.25, -0.2) is 13.0 Å². The van der Waals surface area contributed by atoms with Gasteiger partial charge in [0.15, 0.2) is 5.71 Å². The SMILES string of the molecule is CC1=[N+](C)c2ccc(S(=O)(=O)C(F)F)cc2C1(C)C.[I-]. The van der Waals surface area contributed by atoms with Gasteiger partial charge in [0.25, 0.3) is 0 Å². The van der Waals surface area contributed by atoms with Gasteiger partial charge in [-0.1, -0.05) is 0 Å². The van der Waals surface area contributed by atoms with Gasteiger partial charge < -0.3 is 24.0 Å². The first-order chi connectivity index (χ1) is 8.60. The van der Waals surface area contributed by atoms with Crippen LogP contribution in [0.5, 0.6) is 0 Å². The van der Waals surface area contributed by atoms with Crippen molar-refractivity contribution in [3.8, 4) is 0 Å². The molecule has 0 radical (unpaired) electrons. The molecule has 1 aliphatic heterocycles. The van der Waals surface area contributed by atoms with E-state index in [4.69, 9.17) is 0 Å². The smallest absolute Gasteiger partial charge is 0.341 e. The Balaban J connectivity index is 0.00000200. The molecule has 0 aromatic heterocycles. The minimum Gasteiger partial charge on any atom is -1.00 e. The van der Waals surface area contributed by atoms with Crippen LogP contribution in [-0.4, -0.2) is 31.5 Å². The molecule has 0 spiro atoms. The number of hydrogen-bond donors (Lipinski definition) is 0. The maximum atomic E-state index is 12.6. The van der Waals surface area contributed by atoms with Gasteiger partial charge in [-0.05, 0) is 26.0 Å². The number of nitrogens with zero attached hydrogens (tertiary/aromatic N) is 1. The Labute approximate surface area is 134 Å². The Bertz CT molecular complexity index is 682. The second-order valence-corrected chi connectivity index (χ2v) is 7.17. The third-order valence-corrected chi connectivity index (χ3v) is 5.35. The van der Waals surface area contributed by atoms with Crippen LogP contribution in [0.25, 0.3) is 0 Å². The fourth-order valence-electron chi connectivity index (χ4n) is 2.38. The molecule has 1 aromatic carbocycles. The molecule has 1 aromatic rings. The zero-order chi connectivity index (χ0) is 14.6. The second kappa shape index (κ2) is 5.32. The monoisotopic (exact) mass is 415 g/mol. The quantitative estimate of drug-likeness (QED) is 0.492. The number of rotatable bonds is 2. The number of alkyl halides is 2. The Hall–Kier alpha value is -0.570. The van der Waals surface area contributed by atoms with Crippen LogP contribution in [0.3, 0.4) is 0 Å². The molecule has 0 unspecified atom stereocenters. The van der Waals surface area contributed by atoms with Gasteiger partial charge in [0.05, 0.1) is 10.3 Å². The fraction of sp³-hybridized carbons (Fsp3) is 0.462. The largest absolute Gasteiger partial charge is 1.00 e. The lowest BCUT2D eigenvalue weighted by Crippen LogP contribution is -3.00. The van der Waals surface area contributed by atoms with E-state index in [1.807, 2.05) is 32.4 Å². The molecule has 112 valence electrons. The van der Waals surface area contributed by atoms with E-state index in [2.05, 4.69) is 0 Å². The third-order valence-electron chi connectivity index (χ3n) is 3.97. The molecule has 0 atom stereocenters. The van der Waals surface area contributed by atoms with Crippen molar-refractivity contribution in [2.75, 3.05) is 7.05 Å². The summed E-state index contributed by atoms with van der Waals surface area (Å²) in [5, 5.41) is 0. The first-order valence-electron chi connectivity index (χ1n) is 5.84. The van der Waals surface area contributed by atoms with Crippen molar-refractivity contribution in [2.24, 2.45) is 0 Å². The topological polar surface area (TPSA) is 37.1 Å². The molecule has 0 bridgehead atoms. The lowest BCUT2D eigenvalue weighted by atomic mass is 9.82. The molecule has 7 heteroatoms. The highest BCUT2D eigenvalue weighted by Crippen LogP contribution is 2.40. The van der Waals surface area contributed by atoms with E-state index in [9.17, 15) is 17.2 Å². The molecule has 0 fully saturated rings. The number of sulfone groups is 1. The van der Waals surface area contributed by atoms with E-state index in [0.29, 0.717) is 0 Å². The Morgan fingerprint density at radius 1 is 1.25 bits per heavy atom. The van der Waals surface area contributed by atoms with Crippen molar-refractivity contribution >= 4 is 21.2 Å². The highest BCUT2D eigenvalue weighted by Gasteiger charge is 2.42. The average Bonchev–Trinajstić information content (AvgIpc) is 2.51. The van der Waals surface area contributed by atoms with Crippen LogP contribution in [0.1, 0.15) is 26.3 Å². The Morgan fingerprint density at radius 3 is 2.30 bits per heavy atom.